The van der Waals surface area contributed by atoms with Crippen LogP contribution in [0.1, 0.15) is 65.2 Å². The van der Waals surface area contributed by atoms with Crippen LogP contribution in [0.5, 0.6) is 0 Å². The summed E-state index contributed by atoms with van der Waals surface area (Å²) in [6.07, 6.45) is 10.9. The van der Waals surface area contributed by atoms with E-state index < -0.39 is 11.8 Å². The molecule has 2 aliphatic carbocycles. The largest absolute Gasteiger partial charge is 0.478 e. The summed E-state index contributed by atoms with van der Waals surface area (Å²) in [6, 6.07) is 0. The van der Waals surface area contributed by atoms with Gasteiger partial charge < -0.3 is 14.6 Å². The molecule has 0 aromatic carbocycles. The molecule has 0 spiro atoms. The molecule has 0 unspecified atom stereocenters. The van der Waals surface area contributed by atoms with Crippen molar-refractivity contribution in [3.05, 3.63) is 11.6 Å². The van der Waals surface area contributed by atoms with E-state index in [0.717, 1.165) is 25.7 Å². The van der Waals surface area contributed by atoms with Gasteiger partial charge in [-0.1, -0.05) is 25.7 Å². The number of carbonyl (C=O) groups is 1. The lowest BCUT2D eigenvalue weighted by molar-refractivity contribution is -0.237. The Labute approximate surface area is 121 Å². The molecule has 2 rings (SSSR count). The van der Waals surface area contributed by atoms with Gasteiger partial charge >= 0.3 is 5.97 Å². The quantitative estimate of drug-likeness (QED) is 0.597. The maximum Gasteiger partial charge on any atom is 0.331 e. The van der Waals surface area contributed by atoms with Crippen molar-refractivity contribution in [1.29, 1.82) is 0 Å². The van der Waals surface area contributed by atoms with Gasteiger partial charge in [0.05, 0.1) is 12.2 Å². The van der Waals surface area contributed by atoms with Crippen LogP contribution in [0.2, 0.25) is 0 Å². The molecular formula is C16H26O4. The van der Waals surface area contributed by atoms with Crippen molar-refractivity contribution in [2.75, 3.05) is 0 Å². The number of hydrogen-bond acceptors (Lipinski definition) is 3. The first kappa shape index (κ1) is 15.5. The van der Waals surface area contributed by atoms with E-state index >= 15 is 0 Å². The van der Waals surface area contributed by atoms with Crippen molar-refractivity contribution < 1.29 is 19.4 Å². The number of aliphatic carboxylic acids is 1. The fraction of sp³-hybridized carbons (Fsp3) is 0.812. The number of ether oxygens (including phenoxy) is 2. The number of rotatable bonds is 6. The number of carboxylic acid groups (broad SMARTS) is 1. The minimum atomic E-state index is -0.915. The molecule has 0 heterocycles. The summed E-state index contributed by atoms with van der Waals surface area (Å²) in [5.74, 6) is -1.83. The first-order valence-corrected chi connectivity index (χ1v) is 7.77. The van der Waals surface area contributed by atoms with Gasteiger partial charge in [-0.3, -0.25) is 0 Å². The highest BCUT2D eigenvalue weighted by Gasteiger charge is 2.33. The molecule has 4 heteroatoms. The number of carboxylic acids is 1. The van der Waals surface area contributed by atoms with E-state index in [4.69, 9.17) is 14.6 Å². The average Bonchev–Trinajstić information content (AvgIpc) is 3.01. The summed E-state index contributed by atoms with van der Waals surface area (Å²) in [5, 5.41) is 9.09. The molecule has 20 heavy (non-hydrogen) atoms. The third-order valence-corrected chi connectivity index (χ3v) is 4.22. The fourth-order valence-electron chi connectivity index (χ4n) is 3.23. The first-order chi connectivity index (χ1) is 9.48. The van der Waals surface area contributed by atoms with Crippen LogP contribution in [-0.4, -0.2) is 29.1 Å². The third kappa shape index (κ3) is 4.32. The Bertz CT molecular complexity index is 345. The molecule has 0 aromatic heterocycles. The Balaban J connectivity index is 2.07. The molecule has 1 N–H and O–H groups in total. The van der Waals surface area contributed by atoms with Crippen LogP contribution in [0, 0.1) is 0 Å². The van der Waals surface area contributed by atoms with Crippen LogP contribution in [-0.2, 0) is 14.3 Å². The predicted molar refractivity (Wildman–Crippen MR) is 76.5 cm³/mol. The lowest BCUT2D eigenvalue weighted by atomic mass is 10.1. The van der Waals surface area contributed by atoms with E-state index in [1.54, 1.807) is 13.0 Å². The molecule has 0 atom stereocenters. The number of hydrogen-bond donors (Lipinski definition) is 1. The summed E-state index contributed by atoms with van der Waals surface area (Å²) in [4.78, 5) is 11.1. The highest BCUT2D eigenvalue weighted by Crippen LogP contribution is 2.32. The van der Waals surface area contributed by atoms with Gasteiger partial charge in [-0.15, -0.1) is 0 Å². The lowest BCUT2D eigenvalue weighted by Gasteiger charge is -2.33. The Morgan fingerprint density at radius 2 is 1.45 bits per heavy atom. The van der Waals surface area contributed by atoms with Gasteiger partial charge in [0.25, 0.3) is 0 Å². The van der Waals surface area contributed by atoms with E-state index in [0.29, 0.717) is 0 Å². The van der Waals surface area contributed by atoms with Crippen LogP contribution in [0.4, 0.5) is 0 Å². The van der Waals surface area contributed by atoms with Gasteiger partial charge in [0, 0.05) is 5.57 Å². The highest BCUT2D eigenvalue weighted by molar-refractivity contribution is 5.85. The van der Waals surface area contributed by atoms with Gasteiger partial charge in [-0.25, -0.2) is 4.79 Å². The molecule has 0 saturated heterocycles. The van der Waals surface area contributed by atoms with E-state index in [9.17, 15) is 4.79 Å². The second-order valence-corrected chi connectivity index (χ2v) is 6.20. The van der Waals surface area contributed by atoms with Gasteiger partial charge in [-0.05, 0) is 45.6 Å². The monoisotopic (exact) mass is 282 g/mol. The summed E-state index contributed by atoms with van der Waals surface area (Å²) in [7, 11) is 0. The molecule has 0 aromatic rings. The van der Waals surface area contributed by atoms with Gasteiger partial charge in [0.2, 0.25) is 0 Å². The maximum atomic E-state index is 11.1. The third-order valence-electron chi connectivity index (χ3n) is 4.22. The minimum absolute atomic E-state index is 0.194. The summed E-state index contributed by atoms with van der Waals surface area (Å²) in [6.45, 7) is 3.45. The standard InChI is InChI=1S/C16H26O4/c1-12(15(17)18)11-16(2,19-13-7-3-4-8-13)20-14-9-5-6-10-14/h11,13-14H,3-10H2,1-2H3,(H,17,18)/b12-11+. The van der Waals surface area contributed by atoms with Crippen molar-refractivity contribution in [3.63, 3.8) is 0 Å². The molecule has 0 aliphatic heterocycles. The zero-order valence-electron chi connectivity index (χ0n) is 12.6. The maximum absolute atomic E-state index is 11.1. The van der Waals surface area contributed by atoms with Gasteiger partial charge in [-0.2, -0.15) is 0 Å². The highest BCUT2D eigenvalue weighted by atomic mass is 16.7. The Morgan fingerprint density at radius 3 is 1.80 bits per heavy atom. The first-order valence-electron chi connectivity index (χ1n) is 7.77. The van der Waals surface area contributed by atoms with E-state index in [2.05, 4.69) is 0 Å². The normalized spacial score (nSPS) is 22.6. The molecule has 0 amide bonds. The zero-order chi connectivity index (χ0) is 14.6. The zero-order valence-corrected chi connectivity index (χ0v) is 12.6. The molecule has 0 bridgehead atoms. The van der Waals surface area contributed by atoms with Crippen LogP contribution in [0.15, 0.2) is 11.6 Å². The predicted octanol–water partition coefficient (Wildman–Crippen LogP) is 3.65. The van der Waals surface area contributed by atoms with Crippen molar-refractivity contribution in [2.45, 2.75) is 83.2 Å². The van der Waals surface area contributed by atoms with Crippen molar-refractivity contribution in [3.8, 4) is 0 Å². The molecule has 2 aliphatic rings. The average molecular weight is 282 g/mol. The smallest absolute Gasteiger partial charge is 0.331 e. The topological polar surface area (TPSA) is 55.8 Å². The Morgan fingerprint density at radius 1 is 1.05 bits per heavy atom. The Kier molecular flexibility index (Phi) is 5.22. The molecule has 114 valence electrons. The van der Waals surface area contributed by atoms with Gasteiger partial charge in [0.15, 0.2) is 5.79 Å². The van der Waals surface area contributed by atoms with E-state index in [-0.39, 0.29) is 17.8 Å². The van der Waals surface area contributed by atoms with Crippen molar-refractivity contribution in [1.82, 2.24) is 0 Å². The fourth-order valence-corrected chi connectivity index (χ4v) is 3.23. The second-order valence-electron chi connectivity index (χ2n) is 6.20. The Hall–Kier alpha value is -0.870. The summed E-state index contributed by atoms with van der Waals surface area (Å²) >= 11 is 0. The molecule has 0 radical (unpaired) electrons. The van der Waals surface area contributed by atoms with Crippen LogP contribution >= 0.6 is 0 Å². The lowest BCUT2D eigenvalue weighted by Crippen LogP contribution is -2.37. The second kappa shape index (κ2) is 6.72. The summed E-state index contributed by atoms with van der Waals surface area (Å²) < 4.78 is 12.2. The van der Waals surface area contributed by atoms with Crippen molar-refractivity contribution in [2.24, 2.45) is 0 Å². The van der Waals surface area contributed by atoms with Crippen LogP contribution in [0.25, 0.3) is 0 Å². The van der Waals surface area contributed by atoms with Crippen LogP contribution in [0.3, 0.4) is 0 Å². The summed E-state index contributed by atoms with van der Waals surface area (Å²) in [5.41, 5.74) is 0.281. The van der Waals surface area contributed by atoms with Crippen molar-refractivity contribution >= 4 is 5.97 Å². The molecule has 2 fully saturated rings. The SMILES string of the molecule is C/C(=C\C(C)(OC1CCCC1)OC1CCCC1)C(=O)O. The molecular weight excluding hydrogens is 256 g/mol. The van der Waals surface area contributed by atoms with Gasteiger partial charge in [0.1, 0.15) is 0 Å². The molecule has 4 nitrogen and oxygen atoms in total. The minimum Gasteiger partial charge on any atom is -0.478 e. The molecule has 2 saturated carbocycles. The van der Waals surface area contributed by atoms with E-state index in [1.165, 1.54) is 25.7 Å². The van der Waals surface area contributed by atoms with Crippen LogP contribution < -0.4 is 0 Å². The van der Waals surface area contributed by atoms with E-state index in [1.807, 2.05) is 6.92 Å².